The predicted octanol–water partition coefficient (Wildman–Crippen LogP) is 12.7. The van der Waals surface area contributed by atoms with Gasteiger partial charge in [-0.1, -0.05) is 126 Å². The number of para-hydroxylation sites is 2. The van der Waals surface area contributed by atoms with Gasteiger partial charge in [-0.05, 0) is 89.5 Å². The second-order valence-corrected chi connectivity index (χ2v) is 13.1. The summed E-state index contributed by atoms with van der Waals surface area (Å²) >= 11 is 1.70. The summed E-state index contributed by atoms with van der Waals surface area (Å²) in [5, 5.41) is 2.14. The Morgan fingerprint density at radius 2 is 1.23 bits per heavy atom. The van der Waals surface area contributed by atoms with E-state index in [0.29, 0.717) is 0 Å². The molecule has 0 atom stereocenters. The van der Waals surface area contributed by atoms with Crippen molar-refractivity contribution in [1.82, 2.24) is 9.55 Å². The van der Waals surface area contributed by atoms with Crippen LogP contribution in [0.4, 0.5) is 0 Å². The van der Waals surface area contributed by atoms with Gasteiger partial charge in [-0.15, -0.1) is 11.3 Å². The van der Waals surface area contributed by atoms with Crippen LogP contribution in [0.25, 0.3) is 81.7 Å². The van der Waals surface area contributed by atoms with Crippen molar-refractivity contribution in [1.29, 1.82) is 0 Å². The molecule has 0 spiro atoms. The van der Waals surface area contributed by atoms with E-state index in [0.717, 1.165) is 81.7 Å². The average molecular weight is 639 g/mol. The third kappa shape index (κ3) is 4.83. The van der Waals surface area contributed by atoms with Crippen molar-refractivity contribution in [2.75, 3.05) is 0 Å². The molecule has 3 heteroatoms. The van der Waals surface area contributed by atoms with E-state index in [9.17, 15) is 0 Å². The largest absolute Gasteiger partial charge is 0.292 e. The van der Waals surface area contributed by atoms with E-state index < -0.39 is 13.7 Å². The Morgan fingerprint density at radius 1 is 0.542 bits per heavy atom. The van der Waals surface area contributed by atoms with E-state index in [-0.39, 0.29) is 11.1 Å². The lowest BCUT2D eigenvalue weighted by atomic mass is 9.93. The van der Waals surface area contributed by atoms with Gasteiger partial charge in [0.15, 0.2) is 0 Å². The molecule has 2 heterocycles. The highest BCUT2D eigenvalue weighted by molar-refractivity contribution is 7.26. The van der Waals surface area contributed by atoms with Gasteiger partial charge >= 0.3 is 0 Å². The average Bonchev–Trinajstić information content (AvgIpc) is 3.76. The quantitative estimate of drug-likeness (QED) is 0.183. The lowest BCUT2D eigenvalue weighted by Crippen LogP contribution is -1.98. The number of hydrogen-bond acceptors (Lipinski definition) is 2. The zero-order chi connectivity index (χ0) is 37.2. The number of benzene rings is 7. The number of nitrogens with zero attached hydrogens (tertiary/aromatic N) is 2. The van der Waals surface area contributed by atoms with Crippen LogP contribution >= 0.6 is 11.3 Å². The molecule has 228 valence electrons. The van der Waals surface area contributed by atoms with Crippen LogP contribution in [0.5, 0.6) is 0 Å². The lowest BCUT2D eigenvalue weighted by Gasteiger charge is -2.12. The lowest BCUT2D eigenvalue weighted by molar-refractivity contribution is 1.11. The molecule has 2 aromatic heterocycles. The molecule has 0 aliphatic heterocycles. The number of imidazole rings is 1. The van der Waals surface area contributed by atoms with E-state index in [4.69, 9.17) is 13.2 Å². The van der Waals surface area contributed by atoms with Gasteiger partial charge in [0.05, 0.1) is 11.0 Å². The molecular weight excluding hydrogens is 601 g/mol. The molecule has 0 amide bonds. The second kappa shape index (κ2) is 11.5. The molecule has 0 radical (unpaired) electrons. The Labute approximate surface area is 292 Å². The first-order chi connectivity index (χ1) is 26.0. The van der Waals surface area contributed by atoms with E-state index >= 15 is 0 Å². The van der Waals surface area contributed by atoms with Crippen molar-refractivity contribution in [2.45, 2.75) is 13.7 Å². The van der Waals surface area contributed by atoms with Crippen LogP contribution in [-0.4, -0.2) is 9.55 Å². The maximum absolute atomic E-state index is 7.94. The van der Waals surface area contributed by atoms with Gasteiger partial charge in [-0.2, -0.15) is 0 Å². The van der Waals surface area contributed by atoms with Gasteiger partial charge < -0.3 is 0 Å². The Morgan fingerprint density at radius 3 is 2.02 bits per heavy atom. The molecule has 9 aromatic rings. The highest BCUT2D eigenvalue weighted by atomic mass is 32.1. The molecule has 0 saturated heterocycles. The highest BCUT2D eigenvalue weighted by Gasteiger charge is 2.21. The first-order valence-corrected chi connectivity index (χ1v) is 16.7. The van der Waals surface area contributed by atoms with Gasteiger partial charge in [0.25, 0.3) is 0 Å². The topological polar surface area (TPSA) is 17.8 Å². The fraction of sp³-hybridized carbons (Fsp3) is 0.0444. The van der Waals surface area contributed by atoms with Crippen LogP contribution in [0.1, 0.15) is 19.4 Å². The third-order valence-corrected chi connectivity index (χ3v) is 10.2. The SMILES string of the molecule is [2H]C([2H])([2H])c1ccc(-c2cc(-c3ccc(C([2H])([2H])[2H])cc3)c3c(c2)sc2c(-c4nc5ccccc5n4-c4cccc(-c5ccccc5)c4)cccc23)cc1. The molecule has 7 aromatic carbocycles. The molecule has 0 aliphatic carbocycles. The van der Waals surface area contributed by atoms with Crippen molar-refractivity contribution in [3.05, 3.63) is 169 Å². The zero-order valence-electron chi connectivity index (χ0n) is 31.8. The van der Waals surface area contributed by atoms with Crippen molar-refractivity contribution >= 4 is 42.5 Å². The minimum absolute atomic E-state index is 0.284. The van der Waals surface area contributed by atoms with Gasteiger partial charge in [-0.3, -0.25) is 4.57 Å². The van der Waals surface area contributed by atoms with E-state index in [1.807, 2.05) is 48.5 Å². The van der Waals surface area contributed by atoms with Crippen molar-refractivity contribution < 1.29 is 8.22 Å². The van der Waals surface area contributed by atoms with E-state index in [2.05, 4.69) is 89.5 Å². The van der Waals surface area contributed by atoms with Gasteiger partial charge in [0, 0.05) is 39.6 Å². The summed E-state index contributed by atoms with van der Waals surface area (Å²) in [4.78, 5) is 5.26. The minimum Gasteiger partial charge on any atom is -0.292 e. The number of aromatic nitrogens is 2. The van der Waals surface area contributed by atoms with Crippen molar-refractivity contribution in [2.24, 2.45) is 0 Å². The summed E-state index contributed by atoms with van der Waals surface area (Å²) in [6.45, 7) is -4.41. The van der Waals surface area contributed by atoms with Crippen LogP contribution in [0.3, 0.4) is 0 Å². The Bertz CT molecular complexity index is 2830. The smallest absolute Gasteiger partial charge is 0.147 e. The van der Waals surface area contributed by atoms with Gasteiger partial charge in [-0.25, -0.2) is 4.98 Å². The molecule has 0 fully saturated rings. The maximum atomic E-state index is 7.94. The molecule has 2 nitrogen and oxygen atoms in total. The molecule has 0 saturated carbocycles. The number of rotatable bonds is 5. The van der Waals surface area contributed by atoms with Gasteiger partial charge in [0.2, 0.25) is 0 Å². The van der Waals surface area contributed by atoms with E-state index in [1.54, 1.807) is 35.6 Å². The fourth-order valence-corrected chi connectivity index (χ4v) is 8.01. The van der Waals surface area contributed by atoms with Crippen molar-refractivity contribution in [3.8, 4) is 50.5 Å². The zero-order valence-corrected chi connectivity index (χ0v) is 26.6. The van der Waals surface area contributed by atoms with Crippen LogP contribution in [0.15, 0.2) is 158 Å². The summed E-state index contributed by atoms with van der Waals surface area (Å²) in [5.41, 5.74) is 10.4. The first-order valence-electron chi connectivity index (χ1n) is 18.9. The van der Waals surface area contributed by atoms with Crippen molar-refractivity contribution in [3.63, 3.8) is 0 Å². The number of hydrogen-bond donors (Lipinski definition) is 0. The number of aryl methyl sites for hydroxylation is 2. The Kier molecular flexibility index (Phi) is 5.43. The van der Waals surface area contributed by atoms with Crippen LogP contribution in [0, 0.1) is 13.7 Å². The van der Waals surface area contributed by atoms with Crippen LogP contribution in [0.2, 0.25) is 0 Å². The minimum atomic E-state index is -2.21. The Balaban J connectivity index is 1.28. The summed E-state index contributed by atoms with van der Waals surface area (Å²) in [6.07, 6.45) is 0. The third-order valence-electron chi connectivity index (χ3n) is 9.03. The molecule has 0 N–H and O–H groups in total. The monoisotopic (exact) mass is 638 g/mol. The fourth-order valence-electron chi connectivity index (χ4n) is 6.73. The number of fused-ring (bicyclic) bond motifs is 4. The van der Waals surface area contributed by atoms with Crippen LogP contribution in [-0.2, 0) is 0 Å². The molecule has 0 aliphatic rings. The standard InChI is InChI=1S/C45H32N2S/c1-29-18-22-32(23-19-29)35-27-39(33-24-20-30(2)21-25-33)43-37-14-9-15-38(44(37)48-42(43)28-35)45-46-40-16-6-7-17-41(40)47(45)36-13-8-12-34(26-36)31-10-4-3-5-11-31/h3-28H,1-2H3/i1D3,2D3. The molecule has 0 unspecified atom stereocenters. The predicted molar refractivity (Wildman–Crippen MR) is 205 cm³/mol. The maximum Gasteiger partial charge on any atom is 0.147 e. The molecule has 48 heavy (non-hydrogen) atoms. The molecule has 0 bridgehead atoms. The van der Waals surface area contributed by atoms with Gasteiger partial charge in [0.1, 0.15) is 5.82 Å². The Hall–Kier alpha value is -5.77. The summed E-state index contributed by atoms with van der Waals surface area (Å²) in [5.74, 6) is 0.836. The second-order valence-electron chi connectivity index (χ2n) is 12.0. The van der Waals surface area contributed by atoms with E-state index in [1.165, 1.54) is 0 Å². The summed E-state index contributed by atoms with van der Waals surface area (Å²) in [6, 6.07) is 51.9. The summed E-state index contributed by atoms with van der Waals surface area (Å²) < 4.78 is 51.8. The number of thiophene rings is 1. The first kappa shape index (κ1) is 22.7. The van der Waals surface area contributed by atoms with Crippen LogP contribution < -0.4 is 0 Å². The highest BCUT2D eigenvalue weighted by Crippen LogP contribution is 2.46. The normalized spacial score (nSPS) is 13.9. The molecule has 9 rings (SSSR count). The molecular formula is C45H32N2S. The summed E-state index contributed by atoms with van der Waals surface area (Å²) in [7, 11) is 0.